The fourth-order valence-electron chi connectivity index (χ4n) is 1.86. The number of rotatable bonds is 6. The highest BCUT2D eigenvalue weighted by molar-refractivity contribution is 8.00. The third kappa shape index (κ3) is 4.07. The lowest BCUT2D eigenvalue weighted by molar-refractivity contribution is -0.120. The maximum absolute atomic E-state index is 11.7. The van der Waals surface area contributed by atoms with Crippen LogP contribution in [-0.4, -0.2) is 32.9 Å². The van der Waals surface area contributed by atoms with E-state index in [-0.39, 0.29) is 11.2 Å². The van der Waals surface area contributed by atoms with Crippen LogP contribution in [0, 0.1) is 0 Å². The van der Waals surface area contributed by atoms with Gasteiger partial charge in [0.05, 0.1) is 5.25 Å². The van der Waals surface area contributed by atoms with Crippen LogP contribution >= 0.6 is 11.8 Å². The predicted molar refractivity (Wildman–Crippen MR) is 85.2 cm³/mol. The van der Waals surface area contributed by atoms with E-state index in [0.717, 1.165) is 17.8 Å². The standard InChI is InChI=1S/C15H20N4OS/c1-4-11-6-8-12(9-7-11)13-17-15(19-18-13)21-10(3)14(20)16-5-2/h6-10H,4-5H2,1-3H3,(H,16,20)(H,17,18,19)/t10-/m0/s1. The monoisotopic (exact) mass is 304 g/mol. The van der Waals surface area contributed by atoms with Gasteiger partial charge >= 0.3 is 0 Å². The molecule has 2 rings (SSSR count). The Bertz CT molecular complexity index is 594. The largest absolute Gasteiger partial charge is 0.355 e. The smallest absolute Gasteiger partial charge is 0.233 e. The Hall–Kier alpha value is -1.82. The van der Waals surface area contributed by atoms with Crippen LogP contribution < -0.4 is 5.32 Å². The van der Waals surface area contributed by atoms with Gasteiger partial charge in [0.15, 0.2) is 5.82 Å². The van der Waals surface area contributed by atoms with E-state index in [1.807, 2.05) is 26.0 Å². The van der Waals surface area contributed by atoms with Crippen LogP contribution in [0.15, 0.2) is 29.4 Å². The van der Waals surface area contributed by atoms with Crippen molar-refractivity contribution in [3.05, 3.63) is 29.8 Å². The highest BCUT2D eigenvalue weighted by Crippen LogP contribution is 2.23. The Labute approximate surface area is 128 Å². The van der Waals surface area contributed by atoms with E-state index in [2.05, 4.69) is 39.6 Å². The molecule has 6 heteroatoms. The Morgan fingerprint density at radius 1 is 1.33 bits per heavy atom. The van der Waals surface area contributed by atoms with Crippen LogP contribution in [0.25, 0.3) is 11.4 Å². The van der Waals surface area contributed by atoms with Crippen LogP contribution in [0.2, 0.25) is 0 Å². The van der Waals surface area contributed by atoms with E-state index in [1.165, 1.54) is 17.3 Å². The first-order chi connectivity index (χ1) is 10.1. The number of thioether (sulfide) groups is 1. The maximum Gasteiger partial charge on any atom is 0.233 e. The Morgan fingerprint density at radius 2 is 2.05 bits per heavy atom. The number of benzene rings is 1. The van der Waals surface area contributed by atoms with Crippen molar-refractivity contribution < 1.29 is 4.79 Å². The lowest BCUT2D eigenvalue weighted by Gasteiger charge is -2.07. The first kappa shape index (κ1) is 15.6. The van der Waals surface area contributed by atoms with Gasteiger partial charge in [-0.2, -0.15) is 0 Å². The molecule has 0 radical (unpaired) electrons. The molecule has 5 nitrogen and oxygen atoms in total. The topological polar surface area (TPSA) is 70.7 Å². The third-order valence-corrected chi connectivity index (χ3v) is 4.06. The molecule has 112 valence electrons. The molecule has 0 bridgehead atoms. The highest BCUT2D eigenvalue weighted by atomic mass is 32.2. The van der Waals surface area contributed by atoms with Crippen LogP contribution in [0.3, 0.4) is 0 Å². The molecule has 0 fully saturated rings. The van der Waals surface area contributed by atoms with Gasteiger partial charge in [-0.25, -0.2) is 4.98 Å². The number of hydrogen-bond donors (Lipinski definition) is 2. The number of nitrogens with one attached hydrogen (secondary N) is 2. The fourth-order valence-corrected chi connectivity index (χ4v) is 2.61. The van der Waals surface area contributed by atoms with Crippen LogP contribution in [-0.2, 0) is 11.2 Å². The molecule has 1 amide bonds. The summed E-state index contributed by atoms with van der Waals surface area (Å²) in [6, 6.07) is 8.23. The van der Waals surface area contributed by atoms with Crippen LogP contribution in [0.1, 0.15) is 26.3 Å². The van der Waals surface area contributed by atoms with Crippen molar-refractivity contribution in [3.63, 3.8) is 0 Å². The molecule has 21 heavy (non-hydrogen) atoms. The number of amides is 1. The van der Waals surface area contributed by atoms with E-state index in [1.54, 1.807) is 0 Å². The maximum atomic E-state index is 11.7. The Balaban J connectivity index is 2.05. The summed E-state index contributed by atoms with van der Waals surface area (Å²) in [5, 5.41) is 10.3. The molecule has 1 aromatic heterocycles. The molecule has 1 aromatic carbocycles. The zero-order valence-corrected chi connectivity index (χ0v) is 13.3. The minimum absolute atomic E-state index is 0.00106. The molecule has 2 N–H and O–H groups in total. The zero-order chi connectivity index (χ0) is 15.2. The SMILES string of the molecule is CCNC(=O)[C@H](C)Sc1n[nH]c(-c2ccc(CC)cc2)n1. The number of H-pyrrole nitrogens is 1. The first-order valence-electron chi connectivity index (χ1n) is 7.10. The minimum Gasteiger partial charge on any atom is -0.355 e. The third-order valence-electron chi connectivity index (χ3n) is 3.10. The van der Waals surface area contributed by atoms with E-state index in [4.69, 9.17) is 0 Å². The summed E-state index contributed by atoms with van der Waals surface area (Å²) in [4.78, 5) is 16.1. The van der Waals surface area contributed by atoms with Gasteiger partial charge in [-0.3, -0.25) is 9.89 Å². The van der Waals surface area contributed by atoms with Crippen molar-refractivity contribution in [2.75, 3.05) is 6.54 Å². The molecule has 1 heterocycles. The van der Waals surface area contributed by atoms with Crippen molar-refractivity contribution in [2.45, 2.75) is 37.6 Å². The molecule has 0 saturated heterocycles. The summed E-state index contributed by atoms with van der Waals surface area (Å²) in [6.45, 7) is 6.51. The number of nitrogens with zero attached hydrogens (tertiary/aromatic N) is 2. The molecular formula is C15H20N4OS. The first-order valence-corrected chi connectivity index (χ1v) is 7.98. The molecule has 0 aliphatic rings. The lowest BCUT2D eigenvalue weighted by Crippen LogP contribution is -2.30. The molecule has 1 atom stereocenters. The van der Waals surface area contributed by atoms with Crippen molar-refractivity contribution in [3.8, 4) is 11.4 Å². The van der Waals surface area contributed by atoms with Crippen molar-refractivity contribution in [2.24, 2.45) is 0 Å². The van der Waals surface area contributed by atoms with Gasteiger partial charge in [0.2, 0.25) is 11.1 Å². The zero-order valence-electron chi connectivity index (χ0n) is 12.5. The summed E-state index contributed by atoms with van der Waals surface area (Å²) < 4.78 is 0. The fraction of sp³-hybridized carbons (Fsp3) is 0.400. The normalized spacial score (nSPS) is 12.1. The summed E-state index contributed by atoms with van der Waals surface area (Å²) in [6.07, 6.45) is 1.02. The number of carbonyl (C=O) groups excluding carboxylic acids is 1. The Kier molecular flexibility index (Phi) is 5.38. The molecule has 2 aromatic rings. The van der Waals surface area contributed by atoms with E-state index < -0.39 is 0 Å². The lowest BCUT2D eigenvalue weighted by atomic mass is 10.1. The summed E-state index contributed by atoms with van der Waals surface area (Å²) in [5.41, 5.74) is 2.29. The number of aryl methyl sites for hydroxylation is 1. The minimum atomic E-state index is -0.212. The van der Waals surface area contributed by atoms with Gasteiger partial charge in [-0.15, -0.1) is 5.10 Å². The Morgan fingerprint density at radius 3 is 2.67 bits per heavy atom. The molecule has 0 spiro atoms. The second-order valence-corrected chi connectivity index (χ2v) is 5.98. The van der Waals surface area contributed by atoms with Gasteiger partial charge in [0.25, 0.3) is 0 Å². The second kappa shape index (κ2) is 7.26. The number of carbonyl (C=O) groups is 1. The predicted octanol–water partition coefficient (Wildman–Crippen LogP) is 2.65. The summed E-state index contributed by atoms with van der Waals surface area (Å²) in [7, 11) is 0. The van der Waals surface area contributed by atoms with E-state index in [0.29, 0.717) is 11.7 Å². The molecule has 0 unspecified atom stereocenters. The van der Waals surface area contributed by atoms with Gasteiger partial charge in [-0.05, 0) is 25.8 Å². The number of aromatic nitrogens is 3. The average Bonchev–Trinajstić information content (AvgIpc) is 2.96. The van der Waals surface area contributed by atoms with Crippen LogP contribution in [0.5, 0.6) is 0 Å². The van der Waals surface area contributed by atoms with E-state index in [9.17, 15) is 4.79 Å². The van der Waals surface area contributed by atoms with Crippen molar-refractivity contribution in [1.29, 1.82) is 0 Å². The highest BCUT2D eigenvalue weighted by Gasteiger charge is 2.16. The summed E-state index contributed by atoms with van der Waals surface area (Å²) in [5.74, 6) is 0.726. The van der Waals surface area contributed by atoms with Gasteiger partial charge < -0.3 is 5.32 Å². The van der Waals surface area contributed by atoms with E-state index >= 15 is 0 Å². The quantitative estimate of drug-likeness (QED) is 0.805. The number of aromatic amines is 1. The van der Waals surface area contributed by atoms with Crippen molar-refractivity contribution >= 4 is 17.7 Å². The molecule has 0 aliphatic heterocycles. The van der Waals surface area contributed by atoms with Crippen LogP contribution in [0.4, 0.5) is 0 Å². The van der Waals surface area contributed by atoms with Crippen molar-refractivity contribution in [1.82, 2.24) is 20.5 Å². The van der Waals surface area contributed by atoms with Gasteiger partial charge in [0.1, 0.15) is 0 Å². The summed E-state index contributed by atoms with van der Waals surface area (Å²) >= 11 is 1.35. The molecule has 0 aliphatic carbocycles. The van der Waals surface area contributed by atoms with Gasteiger partial charge in [0, 0.05) is 12.1 Å². The van der Waals surface area contributed by atoms with Gasteiger partial charge in [-0.1, -0.05) is 43.0 Å². The number of hydrogen-bond acceptors (Lipinski definition) is 4. The molecular weight excluding hydrogens is 284 g/mol. The second-order valence-electron chi connectivity index (χ2n) is 4.67. The molecule has 0 saturated carbocycles. The average molecular weight is 304 g/mol.